The third-order valence-electron chi connectivity index (χ3n) is 7.02. The summed E-state index contributed by atoms with van der Waals surface area (Å²) in [5.41, 5.74) is 2.79. The minimum Gasteiger partial charge on any atom is -0.488 e. The first-order valence-corrected chi connectivity index (χ1v) is 12.9. The number of nitrogens with zero attached hydrogens (tertiary/aromatic N) is 5. The van der Waals surface area contributed by atoms with Gasteiger partial charge in [-0.3, -0.25) is 4.98 Å². The zero-order chi connectivity index (χ0) is 24.2. The molecule has 0 spiro atoms. The van der Waals surface area contributed by atoms with E-state index >= 15 is 0 Å². The molecular weight excluding hydrogens is 460 g/mol. The zero-order valence-corrected chi connectivity index (χ0v) is 20.3. The van der Waals surface area contributed by atoms with Gasteiger partial charge in [-0.15, -0.1) is 0 Å². The van der Waals surface area contributed by atoms with E-state index in [1.165, 1.54) is 0 Å². The summed E-state index contributed by atoms with van der Waals surface area (Å²) < 4.78 is 23.3. The number of fused-ring (bicyclic) bond motifs is 1. The van der Waals surface area contributed by atoms with Crippen molar-refractivity contribution in [2.75, 3.05) is 49.7 Å². The molecule has 1 N–H and O–H groups in total. The first-order valence-electron chi connectivity index (χ1n) is 12.9. The fourth-order valence-corrected chi connectivity index (χ4v) is 5.06. The van der Waals surface area contributed by atoms with E-state index in [0.717, 1.165) is 87.5 Å². The highest BCUT2D eigenvalue weighted by molar-refractivity contribution is 5.85. The minimum absolute atomic E-state index is 0.0975. The molecule has 2 aliphatic heterocycles. The Hall–Kier alpha value is -3.24. The first kappa shape index (κ1) is 23.2. The van der Waals surface area contributed by atoms with E-state index in [2.05, 4.69) is 42.3 Å². The third kappa shape index (κ3) is 5.44. The zero-order valence-electron chi connectivity index (χ0n) is 20.3. The summed E-state index contributed by atoms with van der Waals surface area (Å²) in [6.07, 6.45) is 11.9. The number of hydrogen-bond donors (Lipinski definition) is 1. The number of rotatable bonds is 7. The Morgan fingerprint density at radius 1 is 0.806 bits per heavy atom. The van der Waals surface area contributed by atoms with Crippen LogP contribution in [0.3, 0.4) is 0 Å². The van der Waals surface area contributed by atoms with Crippen molar-refractivity contribution in [1.82, 2.24) is 19.9 Å². The van der Waals surface area contributed by atoms with Crippen molar-refractivity contribution >= 4 is 22.7 Å². The second-order valence-corrected chi connectivity index (χ2v) is 9.55. The highest BCUT2D eigenvalue weighted by Crippen LogP contribution is 2.33. The number of aromatic nitrogens is 4. The summed E-state index contributed by atoms with van der Waals surface area (Å²) in [7, 11) is 0. The minimum atomic E-state index is 0.0975. The second kappa shape index (κ2) is 10.8. The molecule has 0 radical (unpaired) electrons. The molecule has 0 amide bonds. The van der Waals surface area contributed by atoms with Crippen molar-refractivity contribution in [3.63, 3.8) is 0 Å². The lowest BCUT2D eigenvalue weighted by atomic mass is 9.93. The molecule has 3 aromatic rings. The van der Waals surface area contributed by atoms with Crippen LogP contribution < -0.4 is 19.7 Å². The molecule has 0 bridgehead atoms. The molecule has 2 aromatic heterocycles. The molecule has 2 saturated heterocycles. The Kier molecular flexibility index (Phi) is 6.95. The fourth-order valence-electron chi connectivity index (χ4n) is 5.06. The van der Waals surface area contributed by atoms with Gasteiger partial charge in [0.2, 0.25) is 5.95 Å². The van der Waals surface area contributed by atoms with Gasteiger partial charge in [-0.05, 0) is 31.7 Å². The molecule has 0 unspecified atom stereocenters. The Morgan fingerprint density at radius 3 is 2.39 bits per heavy atom. The van der Waals surface area contributed by atoms with E-state index < -0.39 is 0 Å². The Labute approximate surface area is 210 Å². The summed E-state index contributed by atoms with van der Waals surface area (Å²) in [5, 5.41) is 3.47. The Morgan fingerprint density at radius 2 is 1.61 bits per heavy atom. The number of morpholine rings is 1. The third-order valence-corrected chi connectivity index (χ3v) is 7.02. The molecule has 4 heterocycles. The molecule has 1 saturated carbocycles. The predicted octanol–water partition coefficient (Wildman–Crippen LogP) is 3.23. The first-order chi connectivity index (χ1) is 17.8. The lowest BCUT2D eigenvalue weighted by molar-refractivity contribution is 0.122. The Bertz CT molecular complexity index is 1140. The van der Waals surface area contributed by atoms with Gasteiger partial charge in [-0.2, -0.15) is 0 Å². The molecule has 3 fully saturated rings. The van der Waals surface area contributed by atoms with Crippen LogP contribution in [0, 0.1) is 0 Å². The number of anilines is 2. The number of hydrogen-bond acceptors (Lipinski definition) is 10. The van der Waals surface area contributed by atoms with Gasteiger partial charge in [0.05, 0.1) is 50.4 Å². The molecular formula is C26H32N6O4. The maximum absolute atomic E-state index is 6.53. The fraction of sp³-hybridized carbons (Fsp3) is 0.538. The lowest BCUT2D eigenvalue weighted by Gasteiger charge is -2.31. The topological polar surface area (TPSA) is 104 Å². The summed E-state index contributed by atoms with van der Waals surface area (Å²) in [5.74, 6) is 2.13. The van der Waals surface area contributed by atoms with Crippen molar-refractivity contribution in [3.8, 4) is 11.5 Å². The number of benzene rings is 1. The van der Waals surface area contributed by atoms with Gasteiger partial charge in [0.25, 0.3) is 0 Å². The molecule has 1 aliphatic carbocycles. The maximum atomic E-state index is 6.53. The lowest BCUT2D eigenvalue weighted by Crippen LogP contribution is -2.36. The van der Waals surface area contributed by atoms with E-state index in [0.29, 0.717) is 24.3 Å². The van der Waals surface area contributed by atoms with Crippen molar-refractivity contribution in [2.45, 2.75) is 50.4 Å². The van der Waals surface area contributed by atoms with E-state index in [9.17, 15) is 0 Å². The van der Waals surface area contributed by atoms with Crippen LogP contribution in [0.5, 0.6) is 11.5 Å². The monoisotopic (exact) mass is 492 g/mol. The van der Waals surface area contributed by atoms with Crippen LogP contribution in [-0.4, -0.2) is 77.7 Å². The van der Waals surface area contributed by atoms with Gasteiger partial charge < -0.3 is 29.2 Å². The maximum Gasteiger partial charge on any atom is 0.223 e. The van der Waals surface area contributed by atoms with Crippen LogP contribution in [-0.2, 0) is 9.47 Å². The number of ether oxygens (including phenoxy) is 4. The summed E-state index contributed by atoms with van der Waals surface area (Å²) in [6.45, 7) is 4.59. The van der Waals surface area contributed by atoms with Crippen LogP contribution in [0.1, 0.15) is 32.1 Å². The normalized spacial score (nSPS) is 24.6. The van der Waals surface area contributed by atoms with Gasteiger partial charge in [-0.1, -0.05) is 0 Å². The molecule has 6 rings (SSSR count). The van der Waals surface area contributed by atoms with Crippen LogP contribution >= 0.6 is 0 Å². The van der Waals surface area contributed by atoms with E-state index in [1.54, 1.807) is 24.8 Å². The van der Waals surface area contributed by atoms with Crippen LogP contribution in [0.2, 0.25) is 0 Å². The van der Waals surface area contributed by atoms with Gasteiger partial charge in [0.1, 0.15) is 17.4 Å². The van der Waals surface area contributed by atoms with Crippen LogP contribution in [0.4, 0.5) is 11.6 Å². The average Bonchev–Trinajstić information content (AvgIpc) is 3.44. The van der Waals surface area contributed by atoms with E-state index in [1.807, 2.05) is 0 Å². The smallest absolute Gasteiger partial charge is 0.223 e. The number of nitrogens with one attached hydrogen (secondary N) is 1. The molecule has 1 atom stereocenters. The van der Waals surface area contributed by atoms with Crippen LogP contribution in [0.15, 0.2) is 36.9 Å². The molecule has 10 heteroatoms. The summed E-state index contributed by atoms with van der Waals surface area (Å²) >= 11 is 0. The second-order valence-electron chi connectivity index (χ2n) is 9.55. The molecule has 3 aliphatic rings. The van der Waals surface area contributed by atoms with E-state index in [-0.39, 0.29) is 12.2 Å². The van der Waals surface area contributed by atoms with Crippen molar-refractivity contribution in [3.05, 3.63) is 36.9 Å². The van der Waals surface area contributed by atoms with Crippen molar-refractivity contribution in [1.29, 1.82) is 0 Å². The molecule has 1 aromatic carbocycles. The quantitative estimate of drug-likeness (QED) is 0.529. The van der Waals surface area contributed by atoms with E-state index in [4.69, 9.17) is 18.9 Å². The van der Waals surface area contributed by atoms with Gasteiger partial charge in [0, 0.05) is 49.7 Å². The van der Waals surface area contributed by atoms with Gasteiger partial charge in [0.15, 0.2) is 5.75 Å². The van der Waals surface area contributed by atoms with Gasteiger partial charge >= 0.3 is 0 Å². The van der Waals surface area contributed by atoms with Crippen LogP contribution in [0.25, 0.3) is 11.0 Å². The highest BCUT2D eigenvalue weighted by atomic mass is 16.5. The standard InChI is InChI=1S/C26H32N6O4/c1-3-20(4-2-18(1)31-26-29-15-22(16-30-26)35-21-5-10-34-17-21)36-24-14-19(32-8-11-33-12-9-32)13-23-25(24)28-7-6-27-23/h6-7,13-16,18,20-21H,1-5,8-12,17H2,(H,29,30,31)/t18-,20+,21-/m1/s1. The predicted molar refractivity (Wildman–Crippen MR) is 135 cm³/mol. The molecule has 10 nitrogen and oxygen atoms in total. The summed E-state index contributed by atoms with van der Waals surface area (Å²) in [4.78, 5) is 20.3. The van der Waals surface area contributed by atoms with Gasteiger partial charge in [-0.25, -0.2) is 15.0 Å². The Balaban J connectivity index is 1.06. The highest BCUT2D eigenvalue weighted by Gasteiger charge is 2.25. The SMILES string of the molecule is c1cnc2c(O[C@H]3CC[C@@H](Nc4ncc(O[C@@H]5CCOC5)cn4)CC3)cc(N3CCOCC3)cc2n1. The van der Waals surface area contributed by atoms with Crippen molar-refractivity contribution in [2.24, 2.45) is 0 Å². The molecule has 190 valence electrons. The summed E-state index contributed by atoms with van der Waals surface area (Å²) in [6, 6.07) is 4.53. The average molecular weight is 493 g/mol. The molecule has 36 heavy (non-hydrogen) atoms. The largest absolute Gasteiger partial charge is 0.488 e. The van der Waals surface area contributed by atoms with Crippen molar-refractivity contribution < 1.29 is 18.9 Å².